The average molecular weight is 238 g/mol. The highest BCUT2D eigenvalue weighted by molar-refractivity contribution is 5.73. The second-order valence-corrected chi connectivity index (χ2v) is 3.80. The third kappa shape index (κ3) is 3.46. The van der Waals surface area contributed by atoms with Gasteiger partial charge in [0.05, 0.1) is 18.6 Å². The Morgan fingerprint density at radius 2 is 1.88 bits per heavy atom. The first-order valence-electron chi connectivity index (χ1n) is 5.73. The Balaban J connectivity index is 2.81. The predicted molar refractivity (Wildman–Crippen MR) is 63.5 cm³/mol. The first-order chi connectivity index (χ1) is 8.10. The Morgan fingerprint density at radius 1 is 1.29 bits per heavy atom. The third-order valence-electron chi connectivity index (χ3n) is 2.64. The van der Waals surface area contributed by atoms with E-state index in [-0.39, 0.29) is 5.75 Å². The lowest BCUT2D eigenvalue weighted by atomic mass is 9.93. The number of benzene rings is 1. The van der Waals surface area contributed by atoms with E-state index in [2.05, 4.69) is 0 Å². The fraction of sp³-hybridized carbons (Fsp3) is 0.462. The normalized spacial score (nSPS) is 14.1. The summed E-state index contributed by atoms with van der Waals surface area (Å²) in [4.78, 5) is 11.6. The zero-order valence-corrected chi connectivity index (χ0v) is 10.1. The summed E-state index contributed by atoms with van der Waals surface area (Å²) in [5, 5.41) is 19.2. The lowest BCUT2D eigenvalue weighted by Crippen LogP contribution is -2.24. The smallest absolute Gasteiger partial charge is 0.311 e. The van der Waals surface area contributed by atoms with Crippen LogP contribution in [0.15, 0.2) is 24.3 Å². The second-order valence-electron chi connectivity index (χ2n) is 3.80. The van der Waals surface area contributed by atoms with Gasteiger partial charge in [0.1, 0.15) is 5.75 Å². The Kier molecular flexibility index (Phi) is 4.97. The van der Waals surface area contributed by atoms with Crippen LogP contribution >= 0.6 is 0 Å². The summed E-state index contributed by atoms with van der Waals surface area (Å²) in [7, 11) is 0. The Bertz CT molecular complexity index is 358. The van der Waals surface area contributed by atoms with Crippen LogP contribution in [0.3, 0.4) is 0 Å². The van der Waals surface area contributed by atoms with Gasteiger partial charge in [0.25, 0.3) is 0 Å². The number of aliphatic hydroxyl groups is 1. The molecule has 4 heteroatoms. The van der Waals surface area contributed by atoms with Crippen molar-refractivity contribution in [1.29, 1.82) is 0 Å². The summed E-state index contributed by atoms with van der Waals surface area (Å²) in [5.41, 5.74) is 0.600. The molecule has 0 amide bonds. The second kappa shape index (κ2) is 6.25. The van der Waals surface area contributed by atoms with Crippen LogP contribution in [0, 0.1) is 5.92 Å². The van der Waals surface area contributed by atoms with Crippen molar-refractivity contribution in [2.75, 3.05) is 6.61 Å². The molecule has 17 heavy (non-hydrogen) atoms. The van der Waals surface area contributed by atoms with E-state index in [1.807, 2.05) is 6.92 Å². The maximum atomic E-state index is 11.6. The standard InChI is InChI=1S/C13H18O4/c1-3-11(13(16)17-4-2)12(15)9-5-7-10(14)8-6-9/h5-8,11-12,14-15H,3-4H2,1-2H3. The van der Waals surface area contributed by atoms with Crippen LogP contribution < -0.4 is 0 Å². The van der Waals surface area contributed by atoms with Gasteiger partial charge < -0.3 is 14.9 Å². The highest BCUT2D eigenvalue weighted by atomic mass is 16.5. The van der Waals surface area contributed by atoms with Gasteiger partial charge in [0.2, 0.25) is 0 Å². The Labute approximate surface area is 101 Å². The van der Waals surface area contributed by atoms with E-state index in [1.54, 1.807) is 19.1 Å². The van der Waals surface area contributed by atoms with Gasteiger partial charge >= 0.3 is 5.97 Å². The van der Waals surface area contributed by atoms with Crippen LogP contribution in [0.2, 0.25) is 0 Å². The maximum absolute atomic E-state index is 11.6. The largest absolute Gasteiger partial charge is 0.508 e. The van der Waals surface area contributed by atoms with Crippen molar-refractivity contribution in [3.05, 3.63) is 29.8 Å². The first-order valence-corrected chi connectivity index (χ1v) is 5.73. The fourth-order valence-electron chi connectivity index (χ4n) is 1.67. The molecular weight excluding hydrogens is 220 g/mol. The van der Waals surface area contributed by atoms with E-state index < -0.39 is 18.0 Å². The number of aliphatic hydroxyl groups excluding tert-OH is 1. The number of esters is 1. The zero-order valence-electron chi connectivity index (χ0n) is 10.1. The summed E-state index contributed by atoms with van der Waals surface area (Å²) in [6, 6.07) is 6.16. The molecule has 0 saturated heterocycles. The monoisotopic (exact) mass is 238 g/mol. The number of rotatable bonds is 5. The van der Waals surface area contributed by atoms with Crippen LogP contribution in [0.5, 0.6) is 5.75 Å². The van der Waals surface area contributed by atoms with Crippen molar-refractivity contribution in [1.82, 2.24) is 0 Å². The summed E-state index contributed by atoms with van der Waals surface area (Å²) in [5.74, 6) is -0.833. The topological polar surface area (TPSA) is 66.8 Å². The molecule has 1 aromatic carbocycles. The number of aromatic hydroxyl groups is 1. The number of carbonyl (C=O) groups excluding carboxylic acids is 1. The van der Waals surface area contributed by atoms with Gasteiger partial charge in [0, 0.05) is 0 Å². The highest BCUT2D eigenvalue weighted by Crippen LogP contribution is 2.26. The van der Waals surface area contributed by atoms with E-state index in [0.29, 0.717) is 18.6 Å². The van der Waals surface area contributed by atoms with Crippen molar-refractivity contribution in [2.45, 2.75) is 26.4 Å². The van der Waals surface area contributed by atoms with Gasteiger partial charge in [-0.25, -0.2) is 0 Å². The van der Waals surface area contributed by atoms with Crippen molar-refractivity contribution in [3.63, 3.8) is 0 Å². The minimum Gasteiger partial charge on any atom is -0.508 e. The van der Waals surface area contributed by atoms with E-state index in [1.165, 1.54) is 12.1 Å². The summed E-state index contributed by atoms with van der Waals surface area (Å²) < 4.78 is 4.91. The first kappa shape index (κ1) is 13.5. The molecule has 0 aliphatic carbocycles. The zero-order chi connectivity index (χ0) is 12.8. The molecule has 0 spiro atoms. The lowest BCUT2D eigenvalue weighted by Gasteiger charge is -2.20. The molecule has 1 aromatic rings. The lowest BCUT2D eigenvalue weighted by molar-refractivity contribution is -0.152. The minimum atomic E-state index is -0.903. The molecular formula is C13H18O4. The van der Waals surface area contributed by atoms with Crippen LogP contribution in [-0.2, 0) is 9.53 Å². The Hall–Kier alpha value is -1.55. The highest BCUT2D eigenvalue weighted by Gasteiger charge is 2.27. The van der Waals surface area contributed by atoms with Gasteiger partial charge in [-0.3, -0.25) is 4.79 Å². The number of hydrogen-bond donors (Lipinski definition) is 2. The molecule has 0 aromatic heterocycles. The molecule has 0 heterocycles. The molecule has 94 valence electrons. The average Bonchev–Trinajstić information content (AvgIpc) is 2.31. The fourth-order valence-corrected chi connectivity index (χ4v) is 1.67. The SMILES string of the molecule is CCOC(=O)C(CC)C(O)c1ccc(O)cc1. The molecule has 0 radical (unpaired) electrons. The van der Waals surface area contributed by atoms with Crippen molar-refractivity contribution >= 4 is 5.97 Å². The molecule has 0 saturated carbocycles. The summed E-state index contributed by atoms with van der Waals surface area (Å²) >= 11 is 0. The van der Waals surface area contributed by atoms with E-state index in [0.717, 1.165) is 0 Å². The Morgan fingerprint density at radius 3 is 2.35 bits per heavy atom. The van der Waals surface area contributed by atoms with Gasteiger partial charge in [-0.1, -0.05) is 19.1 Å². The quantitative estimate of drug-likeness (QED) is 0.770. The molecule has 2 atom stereocenters. The number of phenolic OH excluding ortho intramolecular Hbond substituents is 1. The van der Waals surface area contributed by atoms with E-state index >= 15 is 0 Å². The molecule has 0 bridgehead atoms. The third-order valence-corrected chi connectivity index (χ3v) is 2.64. The number of hydrogen-bond acceptors (Lipinski definition) is 4. The number of phenols is 1. The van der Waals surface area contributed by atoms with Crippen molar-refractivity contribution in [2.24, 2.45) is 5.92 Å². The predicted octanol–water partition coefficient (Wildman–Crippen LogP) is 2.01. The molecule has 1 rings (SSSR count). The summed E-state index contributed by atoms with van der Waals surface area (Å²) in [6.07, 6.45) is -0.402. The van der Waals surface area contributed by atoms with Crippen molar-refractivity contribution in [3.8, 4) is 5.75 Å². The molecule has 2 N–H and O–H groups in total. The van der Waals surface area contributed by atoms with Crippen LogP contribution in [-0.4, -0.2) is 22.8 Å². The summed E-state index contributed by atoms with van der Waals surface area (Å²) in [6.45, 7) is 3.86. The number of ether oxygens (including phenoxy) is 1. The van der Waals surface area contributed by atoms with Gasteiger partial charge in [0.15, 0.2) is 0 Å². The van der Waals surface area contributed by atoms with Crippen LogP contribution in [0.1, 0.15) is 31.9 Å². The molecule has 0 fully saturated rings. The van der Waals surface area contributed by atoms with E-state index in [9.17, 15) is 9.90 Å². The van der Waals surface area contributed by atoms with Crippen LogP contribution in [0.4, 0.5) is 0 Å². The molecule has 0 aliphatic rings. The van der Waals surface area contributed by atoms with E-state index in [4.69, 9.17) is 9.84 Å². The molecule has 2 unspecified atom stereocenters. The van der Waals surface area contributed by atoms with Gasteiger partial charge in [-0.05, 0) is 31.0 Å². The number of carbonyl (C=O) groups is 1. The van der Waals surface area contributed by atoms with Gasteiger partial charge in [-0.15, -0.1) is 0 Å². The van der Waals surface area contributed by atoms with Crippen molar-refractivity contribution < 1.29 is 19.7 Å². The van der Waals surface area contributed by atoms with Crippen LogP contribution in [0.25, 0.3) is 0 Å². The van der Waals surface area contributed by atoms with Gasteiger partial charge in [-0.2, -0.15) is 0 Å². The maximum Gasteiger partial charge on any atom is 0.311 e. The minimum absolute atomic E-state index is 0.130. The molecule has 0 aliphatic heterocycles. The molecule has 4 nitrogen and oxygen atoms in total.